The molecule has 234 valence electrons. The Morgan fingerprint density at radius 3 is 0.684 bits per heavy atom. The van der Waals surface area contributed by atoms with Crippen LogP contribution in [0, 0.1) is 0 Å². The van der Waals surface area contributed by atoms with Gasteiger partial charge in [0.15, 0.2) is 0 Å². The number of ether oxygens (including phenoxy) is 1. The van der Waals surface area contributed by atoms with Crippen LogP contribution in [0.3, 0.4) is 0 Å². The van der Waals surface area contributed by atoms with Gasteiger partial charge in [0.1, 0.15) is 0 Å². The van der Waals surface area contributed by atoms with E-state index in [1.165, 1.54) is 20.8 Å². The minimum absolute atomic E-state index is 0.125. The van der Waals surface area contributed by atoms with E-state index in [4.69, 9.17) is 19.5 Å². The summed E-state index contributed by atoms with van der Waals surface area (Å²) in [5, 5.41) is 15.2. The van der Waals surface area contributed by atoms with Crippen molar-refractivity contribution < 1.29 is 32.1 Å². The van der Waals surface area contributed by atoms with E-state index in [0.29, 0.717) is 0 Å². The minimum atomic E-state index is -4.28. The molecular weight excluding hydrogens is 504 g/mol. The van der Waals surface area contributed by atoms with Crippen LogP contribution in [0.5, 0.6) is 0 Å². The van der Waals surface area contributed by atoms with Crippen molar-refractivity contribution >= 4 is 10.4 Å². The summed E-state index contributed by atoms with van der Waals surface area (Å²) >= 11 is 0. The van der Waals surface area contributed by atoms with Crippen molar-refractivity contribution in [2.24, 2.45) is 0 Å². The molecule has 3 N–H and O–H groups in total. The lowest BCUT2D eigenvalue weighted by molar-refractivity contribution is 0.119. The molecule has 0 aliphatic heterocycles. The van der Waals surface area contributed by atoms with Gasteiger partial charge in [-0.1, -0.05) is 0 Å². The maximum Gasteiger partial charge on any atom is 0.397 e. The van der Waals surface area contributed by atoms with Crippen LogP contribution in [-0.4, -0.2) is 55.2 Å². The summed E-state index contributed by atoms with van der Waals surface area (Å²) in [5.74, 6) is 0. The van der Waals surface area contributed by atoms with E-state index in [1.807, 2.05) is 13.8 Å². The third-order valence-corrected chi connectivity index (χ3v) is 1.57. The Morgan fingerprint density at radius 2 is 0.684 bits per heavy atom. The van der Waals surface area contributed by atoms with Crippen LogP contribution in [0.2, 0.25) is 0 Å². The number of hydrogen-bond acceptors (Lipinski definition) is 6. The second-order valence-corrected chi connectivity index (χ2v) is 4.87. The summed E-state index contributed by atoms with van der Waals surface area (Å²) in [5.41, 5.74) is -0.854. The first kappa shape index (κ1) is 83.6. The Kier molecular flexibility index (Phi) is 360. The molecule has 0 amide bonds. The maximum atomic E-state index is 9.98. The number of aliphatic hydroxyl groups is 2. The SMILES string of the molecule is C=C.C=C.C=C.C=C.C=C.C=C.C=C.C=C.C=C.C=C.CC(C)(C)OS(=O)(=O)O.CCOCC.OCCO. The van der Waals surface area contributed by atoms with Crippen LogP contribution < -0.4 is 0 Å². The van der Waals surface area contributed by atoms with Gasteiger partial charge < -0.3 is 14.9 Å². The molecule has 0 aromatic heterocycles. The highest BCUT2D eigenvalue weighted by Crippen LogP contribution is 2.09. The van der Waals surface area contributed by atoms with Gasteiger partial charge in [0.2, 0.25) is 0 Å². The first-order chi connectivity index (χ1) is 18.0. The Bertz CT molecular complexity index is 345. The topological polar surface area (TPSA) is 113 Å². The average molecular weight is 571 g/mol. The van der Waals surface area contributed by atoms with Gasteiger partial charge in [0, 0.05) is 13.2 Å². The van der Waals surface area contributed by atoms with Crippen LogP contribution in [0.15, 0.2) is 132 Å². The fourth-order valence-electron chi connectivity index (χ4n) is 0.520. The van der Waals surface area contributed by atoms with Crippen LogP contribution in [0.25, 0.3) is 0 Å². The molecule has 7 nitrogen and oxygen atoms in total. The Balaban J connectivity index is -0.0000000173. The van der Waals surface area contributed by atoms with Gasteiger partial charge in [0.05, 0.1) is 18.8 Å². The molecule has 0 aromatic carbocycles. The fraction of sp³-hybridized carbons (Fsp3) is 0.333. The van der Waals surface area contributed by atoms with Crippen LogP contribution in [0.4, 0.5) is 0 Å². The quantitative estimate of drug-likeness (QED) is 0.229. The van der Waals surface area contributed by atoms with Gasteiger partial charge in [-0.05, 0) is 34.6 Å². The van der Waals surface area contributed by atoms with Crippen LogP contribution >= 0.6 is 0 Å². The minimum Gasteiger partial charge on any atom is -0.394 e. The Hall–Kier alpha value is -2.85. The lowest BCUT2D eigenvalue weighted by Crippen LogP contribution is -2.23. The molecule has 0 saturated carbocycles. The van der Waals surface area contributed by atoms with E-state index < -0.39 is 16.0 Å². The average Bonchev–Trinajstić information content (AvgIpc) is 2.98. The molecule has 0 radical (unpaired) electrons. The highest BCUT2D eigenvalue weighted by Gasteiger charge is 2.18. The van der Waals surface area contributed by atoms with Crippen molar-refractivity contribution in [3.05, 3.63) is 132 Å². The molecule has 38 heavy (non-hydrogen) atoms. The van der Waals surface area contributed by atoms with E-state index in [-0.39, 0.29) is 13.2 Å². The molecule has 0 heterocycles. The molecule has 0 rings (SSSR count). The van der Waals surface area contributed by atoms with Gasteiger partial charge in [-0.3, -0.25) is 4.55 Å². The van der Waals surface area contributed by atoms with Gasteiger partial charge in [-0.2, -0.15) is 8.42 Å². The number of hydrogen-bond donors (Lipinski definition) is 3. The second-order valence-electron chi connectivity index (χ2n) is 3.85. The van der Waals surface area contributed by atoms with Crippen LogP contribution in [-0.2, 0) is 19.3 Å². The third-order valence-electron chi connectivity index (χ3n) is 0.864. The molecule has 0 fully saturated rings. The molecule has 0 spiro atoms. The first-order valence-corrected chi connectivity index (χ1v) is 11.9. The fourth-order valence-corrected chi connectivity index (χ4v) is 1.15. The molecule has 0 bridgehead atoms. The highest BCUT2D eigenvalue weighted by molar-refractivity contribution is 7.80. The van der Waals surface area contributed by atoms with E-state index in [2.05, 4.69) is 136 Å². The summed E-state index contributed by atoms with van der Waals surface area (Å²) in [4.78, 5) is 0. The van der Waals surface area contributed by atoms with Gasteiger partial charge in [0.25, 0.3) is 0 Å². The molecule has 8 heteroatoms. The molecule has 0 aliphatic carbocycles. The van der Waals surface area contributed by atoms with Gasteiger partial charge in [-0.15, -0.1) is 132 Å². The summed E-state index contributed by atoms with van der Waals surface area (Å²) in [6.45, 7) is 70.0. The normalized spacial score (nSPS) is 6.21. The predicted octanol–water partition coefficient (Wildman–Crippen LogP) is 8.64. The maximum absolute atomic E-state index is 9.98. The number of aliphatic hydroxyl groups excluding tert-OH is 2. The summed E-state index contributed by atoms with van der Waals surface area (Å²) in [7, 11) is -4.28. The van der Waals surface area contributed by atoms with Gasteiger partial charge >= 0.3 is 10.4 Å². The molecule has 0 aliphatic rings. The van der Waals surface area contributed by atoms with Crippen molar-refractivity contribution in [1.82, 2.24) is 0 Å². The lowest BCUT2D eigenvalue weighted by Gasteiger charge is -2.14. The van der Waals surface area contributed by atoms with E-state index in [9.17, 15) is 8.42 Å². The Morgan fingerprint density at radius 1 is 0.526 bits per heavy atom. The molecule has 0 saturated heterocycles. The summed E-state index contributed by atoms with van der Waals surface area (Å²) < 4.78 is 37.0. The van der Waals surface area contributed by atoms with Crippen molar-refractivity contribution in [1.29, 1.82) is 0 Å². The zero-order valence-electron chi connectivity index (χ0n) is 25.9. The highest BCUT2D eigenvalue weighted by atomic mass is 32.3. The first-order valence-electron chi connectivity index (χ1n) is 10.5. The van der Waals surface area contributed by atoms with E-state index in [1.54, 1.807) is 0 Å². The third kappa shape index (κ3) is 906. The molecule has 0 atom stereocenters. The summed E-state index contributed by atoms with van der Waals surface area (Å²) in [6.07, 6.45) is 0. The largest absolute Gasteiger partial charge is 0.397 e. The molecule has 0 unspecified atom stereocenters. The van der Waals surface area contributed by atoms with Crippen molar-refractivity contribution in [2.45, 2.75) is 40.2 Å². The monoisotopic (exact) mass is 570 g/mol. The standard InChI is InChI=1S/C4H10O4S.C4H10O.C2H6O2.10C2H4/c1-4(2,3)8-9(5,6)7;1-3-5-4-2;3-1-2-4;10*1-2/h1-3H3,(H,5,6,7);3-4H2,1-2H3;3-4H,1-2H2;10*1-2H2. The summed E-state index contributed by atoms with van der Waals surface area (Å²) in [6, 6.07) is 0. The van der Waals surface area contributed by atoms with Crippen molar-refractivity contribution in [2.75, 3.05) is 26.4 Å². The zero-order valence-corrected chi connectivity index (χ0v) is 26.7. The molecular formula is C30H66O7S. The smallest absolute Gasteiger partial charge is 0.394 e. The second kappa shape index (κ2) is 164. The predicted molar refractivity (Wildman–Crippen MR) is 181 cm³/mol. The van der Waals surface area contributed by atoms with Crippen molar-refractivity contribution in [3.63, 3.8) is 0 Å². The van der Waals surface area contributed by atoms with E-state index in [0.717, 1.165) is 13.2 Å². The Labute approximate surface area is 240 Å². The van der Waals surface area contributed by atoms with Gasteiger partial charge in [-0.25, -0.2) is 4.18 Å². The van der Waals surface area contributed by atoms with Crippen molar-refractivity contribution in [3.8, 4) is 0 Å². The lowest BCUT2D eigenvalue weighted by atomic mass is 10.2. The van der Waals surface area contributed by atoms with Crippen LogP contribution in [0.1, 0.15) is 34.6 Å². The van der Waals surface area contributed by atoms with E-state index >= 15 is 0 Å². The molecule has 0 aromatic rings. The zero-order chi connectivity index (χ0) is 35.2. The number of rotatable bonds is 4.